The fourth-order valence-corrected chi connectivity index (χ4v) is 4.05. The average molecular weight is 445 g/mol. The standard InChI is InChI=1S/C23H25FN2O4S/c1-3-29-21(30-4-2)13-14-26-22(28)18-7-5-6-8-19(18)25-23(26)31-15-20(27)16-9-11-17(24)12-10-16/h5-12,21H,3-4,13-15H2,1-2H3. The number of fused-ring (bicyclic) bond motifs is 1. The van der Waals surface area contributed by atoms with Crippen LogP contribution in [0.5, 0.6) is 0 Å². The van der Waals surface area contributed by atoms with Crippen molar-refractivity contribution in [3.63, 3.8) is 0 Å². The second-order valence-corrected chi connectivity index (χ2v) is 7.66. The third kappa shape index (κ3) is 6.00. The Bertz CT molecular complexity index is 1080. The molecule has 2 aromatic carbocycles. The minimum absolute atomic E-state index is 0.0801. The Morgan fingerprint density at radius 3 is 2.45 bits per heavy atom. The van der Waals surface area contributed by atoms with Gasteiger partial charge in [0.15, 0.2) is 17.2 Å². The lowest BCUT2D eigenvalue weighted by atomic mass is 10.1. The highest BCUT2D eigenvalue weighted by molar-refractivity contribution is 7.99. The summed E-state index contributed by atoms with van der Waals surface area (Å²) in [5, 5.41) is 0.965. The van der Waals surface area contributed by atoms with E-state index < -0.39 is 12.1 Å². The lowest BCUT2D eigenvalue weighted by Gasteiger charge is -2.19. The molecule has 0 unspecified atom stereocenters. The third-order valence-electron chi connectivity index (χ3n) is 4.62. The molecule has 0 aliphatic heterocycles. The summed E-state index contributed by atoms with van der Waals surface area (Å²) < 4.78 is 25.9. The Morgan fingerprint density at radius 1 is 1.10 bits per heavy atom. The van der Waals surface area contributed by atoms with Gasteiger partial charge in [0.25, 0.3) is 5.56 Å². The molecule has 3 rings (SSSR count). The number of nitrogens with zero attached hydrogens (tertiary/aromatic N) is 2. The second kappa shape index (κ2) is 11.2. The van der Waals surface area contributed by atoms with Crippen molar-refractivity contribution in [2.45, 2.75) is 38.3 Å². The number of hydrogen-bond donors (Lipinski definition) is 0. The van der Waals surface area contributed by atoms with E-state index in [0.717, 1.165) is 0 Å². The van der Waals surface area contributed by atoms with Crippen LogP contribution in [0.4, 0.5) is 4.39 Å². The van der Waals surface area contributed by atoms with Gasteiger partial charge in [-0.25, -0.2) is 9.37 Å². The van der Waals surface area contributed by atoms with Crippen molar-refractivity contribution < 1.29 is 18.7 Å². The first kappa shape index (κ1) is 23.1. The first-order valence-corrected chi connectivity index (χ1v) is 11.2. The van der Waals surface area contributed by atoms with Gasteiger partial charge >= 0.3 is 0 Å². The van der Waals surface area contributed by atoms with E-state index in [1.807, 2.05) is 19.9 Å². The van der Waals surface area contributed by atoms with Gasteiger partial charge in [0.05, 0.1) is 16.7 Å². The third-order valence-corrected chi connectivity index (χ3v) is 5.60. The number of ether oxygens (including phenoxy) is 2. The molecule has 0 aliphatic rings. The molecule has 0 spiro atoms. The fourth-order valence-electron chi connectivity index (χ4n) is 3.13. The number of aromatic nitrogens is 2. The Morgan fingerprint density at radius 2 is 1.77 bits per heavy atom. The zero-order valence-electron chi connectivity index (χ0n) is 17.5. The van der Waals surface area contributed by atoms with Crippen LogP contribution in [0.1, 0.15) is 30.6 Å². The van der Waals surface area contributed by atoms with E-state index in [4.69, 9.17) is 9.47 Å². The second-order valence-electron chi connectivity index (χ2n) is 6.72. The molecule has 0 atom stereocenters. The molecule has 1 aromatic heterocycles. The predicted octanol–water partition coefficient (Wildman–Crippen LogP) is 4.30. The van der Waals surface area contributed by atoms with Crippen molar-refractivity contribution in [3.8, 4) is 0 Å². The highest BCUT2D eigenvalue weighted by Gasteiger charge is 2.16. The van der Waals surface area contributed by atoms with Crippen molar-refractivity contribution in [3.05, 3.63) is 70.3 Å². The maximum Gasteiger partial charge on any atom is 0.262 e. The van der Waals surface area contributed by atoms with E-state index in [1.54, 1.807) is 22.8 Å². The molecule has 164 valence electrons. The molecule has 0 radical (unpaired) electrons. The molecular weight excluding hydrogens is 419 g/mol. The van der Waals surface area contributed by atoms with Gasteiger partial charge in [-0.2, -0.15) is 0 Å². The molecule has 6 nitrogen and oxygen atoms in total. The zero-order chi connectivity index (χ0) is 22.2. The van der Waals surface area contributed by atoms with Crippen LogP contribution in [0.3, 0.4) is 0 Å². The van der Waals surface area contributed by atoms with Gasteiger partial charge in [-0.3, -0.25) is 14.2 Å². The van der Waals surface area contributed by atoms with E-state index in [2.05, 4.69) is 4.98 Å². The lowest BCUT2D eigenvalue weighted by Crippen LogP contribution is -2.27. The van der Waals surface area contributed by atoms with Crippen molar-refractivity contribution >= 4 is 28.4 Å². The number of ketones is 1. The summed E-state index contributed by atoms with van der Waals surface area (Å²) in [6, 6.07) is 12.5. The molecule has 0 saturated carbocycles. The Hall–Kier alpha value is -2.55. The highest BCUT2D eigenvalue weighted by atomic mass is 32.2. The van der Waals surface area contributed by atoms with Crippen LogP contribution in [-0.2, 0) is 16.0 Å². The molecule has 1 heterocycles. The predicted molar refractivity (Wildman–Crippen MR) is 119 cm³/mol. The maximum atomic E-state index is 13.1. The number of carbonyl (C=O) groups is 1. The van der Waals surface area contributed by atoms with E-state index >= 15 is 0 Å². The summed E-state index contributed by atoms with van der Waals surface area (Å²) in [6.45, 7) is 5.12. The minimum Gasteiger partial charge on any atom is -0.353 e. The summed E-state index contributed by atoms with van der Waals surface area (Å²) in [5.41, 5.74) is 0.817. The van der Waals surface area contributed by atoms with Crippen LogP contribution in [0, 0.1) is 5.82 Å². The summed E-state index contributed by atoms with van der Waals surface area (Å²) in [6.07, 6.45) is 0.0493. The number of Topliss-reactive ketones (excluding diaryl/α,β-unsaturated/α-hetero) is 1. The van der Waals surface area contributed by atoms with Gasteiger partial charge in [0, 0.05) is 31.7 Å². The van der Waals surface area contributed by atoms with Gasteiger partial charge in [0.1, 0.15) is 5.82 Å². The Labute approximate surface area is 184 Å². The van der Waals surface area contributed by atoms with Gasteiger partial charge in [-0.15, -0.1) is 0 Å². The molecule has 3 aromatic rings. The molecule has 0 N–H and O–H groups in total. The van der Waals surface area contributed by atoms with Crippen LogP contribution < -0.4 is 5.56 Å². The molecular formula is C23H25FN2O4S. The normalized spacial score (nSPS) is 11.4. The van der Waals surface area contributed by atoms with E-state index in [1.165, 1.54) is 36.0 Å². The molecule has 31 heavy (non-hydrogen) atoms. The maximum absolute atomic E-state index is 13.1. The topological polar surface area (TPSA) is 70.4 Å². The number of carbonyl (C=O) groups excluding carboxylic acids is 1. The minimum atomic E-state index is -0.424. The first-order valence-electron chi connectivity index (χ1n) is 10.2. The van der Waals surface area contributed by atoms with Crippen LogP contribution in [0.2, 0.25) is 0 Å². The molecule has 0 saturated heterocycles. The van der Waals surface area contributed by atoms with Crippen LogP contribution in [0.15, 0.2) is 58.5 Å². The van der Waals surface area contributed by atoms with Crippen molar-refractivity contribution in [1.29, 1.82) is 0 Å². The van der Waals surface area contributed by atoms with Crippen molar-refractivity contribution in [1.82, 2.24) is 9.55 Å². The van der Waals surface area contributed by atoms with Crippen LogP contribution in [-0.4, -0.2) is 40.6 Å². The van der Waals surface area contributed by atoms with E-state index in [0.29, 0.717) is 47.8 Å². The van der Waals surface area contributed by atoms with E-state index in [9.17, 15) is 14.0 Å². The molecule has 0 amide bonds. The summed E-state index contributed by atoms with van der Waals surface area (Å²) in [4.78, 5) is 30.3. The number of thioether (sulfide) groups is 1. The fraction of sp³-hybridized carbons (Fsp3) is 0.348. The highest BCUT2D eigenvalue weighted by Crippen LogP contribution is 2.20. The average Bonchev–Trinajstić information content (AvgIpc) is 2.77. The van der Waals surface area contributed by atoms with E-state index in [-0.39, 0.29) is 17.1 Å². The molecule has 0 bridgehead atoms. The van der Waals surface area contributed by atoms with Gasteiger partial charge in [-0.05, 0) is 50.2 Å². The van der Waals surface area contributed by atoms with Crippen molar-refractivity contribution in [2.24, 2.45) is 0 Å². The van der Waals surface area contributed by atoms with Gasteiger partial charge in [-0.1, -0.05) is 23.9 Å². The smallest absolute Gasteiger partial charge is 0.262 e. The van der Waals surface area contributed by atoms with Gasteiger partial charge < -0.3 is 9.47 Å². The largest absolute Gasteiger partial charge is 0.353 e. The van der Waals surface area contributed by atoms with Gasteiger partial charge in [0.2, 0.25) is 0 Å². The first-order chi connectivity index (χ1) is 15.0. The van der Waals surface area contributed by atoms with Crippen molar-refractivity contribution in [2.75, 3.05) is 19.0 Å². The summed E-state index contributed by atoms with van der Waals surface area (Å²) >= 11 is 1.19. The van der Waals surface area contributed by atoms with Crippen LogP contribution in [0.25, 0.3) is 10.9 Å². The monoisotopic (exact) mass is 444 g/mol. The molecule has 0 fully saturated rings. The summed E-state index contributed by atoms with van der Waals surface area (Å²) in [7, 11) is 0. The zero-order valence-corrected chi connectivity index (χ0v) is 18.4. The summed E-state index contributed by atoms with van der Waals surface area (Å²) in [5.74, 6) is -0.482. The SMILES string of the molecule is CCOC(CCn1c(SCC(=O)c2ccc(F)cc2)nc2ccccc2c1=O)OCC. The number of benzene rings is 2. The number of halogens is 1. The quantitative estimate of drug-likeness (QED) is 0.190. The number of para-hydroxylation sites is 1. The molecule has 8 heteroatoms. The van der Waals surface area contributed by atoms with Crippen LogP contribution >= 0.6 is 11.8 Å². The Balaban J connectivity index is 1.85. The Kier molecular flexibility index (Phi) is 8.34. The number of hydrogen-bond acceptors (Lipinski definition) is 6. The molecule has 0 aliphatic carbocycles. The lowest BCUT2D eigenvalue weighted by molar-refractivity contribution is -0.141. The number of rotatable bonds is 11.